The number of hydrogen-bond donors (Lipinski definition) is 1. The Morgan fingerprint density at radius 2 is 2.14 bits per heavy atom. The van der Waals surface area contributed by atoms with Crippen LogP contribution in [0.15, 0.2) is 46.2 Å². The highest BCUT2D eigenvalue weighted by atomic mass is 32.2. The maximum atomic E-state index is 12.3. The zero-order chi connectivity index (χ0) is 16.1. The van der Waals surface area contributed by atoms with Crippen LogP contribution in [0.4, 0.5) is 5.69 Å². The summed E-state index contributed by atoms with van der Waals surface area (Å²) >= 11 is 1.40. The van der Waals surface area contributed by atoms with Crippen molar-refractivity contribution in [3.8, 4) is 0 Å². The minimum Gasteiger partial charge on any atom is -0.404 e. The van der Waals surface area contributed by atoms with Crippen molar-refractivity contribution in [2.24, 2.45) is 15.9 Å². The van der Waals surface area contributed by atoms with Gasteiger partial charge >= 0.3 is 0 Å². The van der Waals surface area contributed by atoms with Crippen LogP contribution in [0.25, 0.3) is 0 Å². The molecule has 0 aliphatic carbocycles. The van der Waals surface area contributed by atoms with E-state index in [9.17, 15) is 4.79 Å². The average Bonchev–Trinajstić information content (AvgIpc) is 2.87. The first kappa shape index (κ1) is 16.3. The molecule has 22 heavy (non-hydrogen) atoms. The van der Waals surface area contributed by atoms with Crippen molar-refractivity contribution in [1.29, 1.82) is 0 Å². The number of allylic oxidation sites excluding steroid dienone is 1. The van der Waals surface area contributed by atoms with Crippen LogP contribution in [-0.4, -0.2) is 23.0 Å². The van der Waals surface area contributed by atoms with Crippen LogP contribution in [0.1, 0.15) is 32.3 Å². The number of hydrogen-bond acceptors (Lipinski definition) is 5. The number of carbonyl (C=O) groups excluding carboxylic acids is 1. The largest absolute Gasteiger partial charge is 0.404 e. The van der Waals surface area contributed by atoms with Crippen LogP contribution >= 0.6 is 11.8 Å². The van der Waals surface area contributed by atoms with Gasteiger partial charge in [-0.2, -0.15) is 5.10 Å². The predicted octanol–water partition coefficient (Wildman–Crippen LogP) is 3.09. The zero-order valence-corrected chi connectivity index (χ0v) is 13.8. The smallest absolute Gasteiger partial charge is 0.243 e. The number of carbonyl (C=O) groups is 1. The number of nitrogens with two attached hydrogens (primary N) is 1. The Morgan fingerprint density at radius 3 is 2.82 bits per heavy atom. The summed E-state index contributed by atoms with van der Waals surface area (Å²) in [5.74, 6) is 0.729. The summed E-state index contributed by atoms with van der Waals surface area (Å²) in [5, 5.41) is 8.78. The van der Waals surface area contributed by atoms with Crippen LogP contribution in [0.3, 0.4) is 0 Å². The molecule has 0 atom stereocenters. The Bertz CT molecular complexity index is 649. The van der Waals surface area contributed by atoms with Gasteiger partial charge in [-0.25, -0.2) is 0 Å². The maximum absolute atomic E-state index is 12.3. The second-order valence-corrected chi connectivity index (χ2v) is 6.21. The van der Waals surface area contributed by atoms with E-state index in [1.165, 1.54) is 18.0 Å². The van der Waals surface area contributed by atoms with Crippen LogP contribution in [0, 0.1) is 0 Å². The first-order valence-electron chi connectivity index (χ1n) is 7.08. The number of anilines is 1. The molecule has 0 spiro atoms. The lowest BCUT2D eigenvalue weighted by molar-refractivity contribution is -0.115. The van der Waals surface area contributed by atoms with Crippen LogP contribution in [-0.2, 0) is 4.79 Å². The minimum atomic E-state index is 0.0261. The highest BCUT2D eigenvalue weighted by molar-refractivity contribution is 8.15. The van der Waals surface area contributed by atoms with Crippen molar-refractivity contribution in [3.05, 3.63) is 41.6 Å². The molecule has 0 saturated carbocycles. The summed E-state index contributed by atoms with van der Waals surface area (Å²) in [6, 6.07) is 7.90. The van der Waals surface area contributed by atoms with Gasteiger partial charge in [-0.1, -0.05) is 43.8 Å². The van der Waals surface area contributed by atoms with Crippen molar-refractivity contribution in [3.63, 3.8) is 0 Å². The molecule has 116 valence electrons. The molecule has 1 aromatic carbocycles. The maximum Gasteiger partial charge on any atom is 0.243 e. The normalized spacial score (nSPS) is 18.2. The monoisotopic (exact) mass is 316 g/mol. The lowest BCUT2D eigenvalue weighted by Gasteiger charge is -2.20. The van der Waals surface area contributed by atoms with Crippen LogP contribution < -0.4 is 10.6 Å². The topological polar surface area (TPSA) is 71.0 Å². The first-order valence-corrected chi connectivity index (χ1v) is 8.07. The lowest BCUT2D eigenvalue weighted by Crippen LogP contribution is -2.30. The molecule has 1 aliphatic rings. The Balaban J connectivity index is 2.37. The van der Waals surface area contributed by atoms with Gasteiger partial charge < -0.3 is 5.73 Å². The highest BCUT2D eigenvalue weighted by Gasteiger charge is 2.31. The Morgan fingerprint density at radius 1 is 1.41 bits per heavy atom. The third kappa shape index (κ3) is 3.57. The number of thioether (sulfide) groups is 1. The zero-order valence-electron chi connectivity index (χ0n) is 13.0. The summed E-state index contributed by atoms with van der Waals surface area (Å²) in [6.45, 7) is 6.05. The van der Waals surface area contributed by atoms with E-state index in [4.69, 9.17) is 5.73 Å². The average molecular weight is 316 g/mol. The van der Waals surface area contributed by atoms with Gasteiger partial charge in [0.25, 0.3) is 0 Å². The highest BCUT2D eigenvalue weighted by Crippen LogP contribution is 2.33. The fourth-order valence-corrected chi connectivity index (χ4v) is 2.88. The van der Waals surface area contributed by atoms with Gasteiger partial charge in [0, 0.05) is 0 Å². The van der Waals surface area contributed by atoms with Crippen molar-refractivity contribution >= 4 is 34.7 Å². The summed E-state index contributed by atoms with van der Waals surface area (Å²) < 4.78 is 0. The summed E-state index contributed by atoms with van der Waals surface area (Å²) in [4.78, 5) is 13.9. The molecule has 0 aromatic heterocycles. The molecule has 1 amide bonds. The van der Waals surface area contributed by atoms with Crippen molar-refractivity contribution in [1.82, 2.24) is 0 Å². The molecule has 1 saturated heterocycles. The second kappa shape index (κ2) is 7.26. The predicted molar refractivity (Wildman–Crippen MR) is 94.3 cm³/mol. The molecule has 0 unspecified atom stereocenters. The summed E-state index contributed by atoms with van der Waals surface area (Å²) in [5.41, 5.74) is 8.20. The van der Waals surface area contributed by atoms with Crippen LogP contribution in [0.5, 0.6) is 0 Å². The van der Waals surface area contributed by atoms with E-state index in [2.05, 4.69) is 24.1 Å². The van der Waals surface area contributed by atoms with E-state index in [-0.39, 0.29) is 5.91 Å². The van der Waals surface area contributed by atoms with Gasteiger partial charge in [-0.3, -0.25) is 9.69 Å². The number of rotatable bonds is 4. The molecule has 1 heterocycles. The number of benzene rings is 1. The van der Waals surface area contributed by atoms with Gasteiger partial charge in [0.05, 0.1) is 17.7 Å². The van der Waals surface area contributed by atoms with Gasteiger partial charge in [-0.15, -0.1) is 5.10 Å². The SMILES string of the molecule is CC(=C/N)/C=N/N=C1\SCC(=O)N1c1ccccc1C(C)C. The molecule has 1 aromatic rings. The number of para-hydroxylation sites is 1. The van der Waals surface area contributed by atoms with Gasteiger partial charge in [0.15, 0.2) is 5.17 Å². The molecule has 1 aliphatic heterocycles. The molecule has 0 radical (unpaired) electrons. The van der Waals surface area contributed by atoms with E-state index in [0.29, 0.717) is 16.8 Å². The Hall–Kier alpha value is -2.08. The fourth-order valence-electron chi connectivity index (χ4n) is 2.06. The molecule has 0 bridgehead atoms. The molecule has 2 rings (SSSR count). The molecule has 1 fully saturated rings. The fraction of sp³-hybridized carbons (Fsp3) is 0.312. The molecule has 6 heteroatoms. The summed E-state index contributed by atoms with van der Waals surface area (Å²) in [7, 11) is 0. The van der Waals surface area contributed by atoms with Crippen LogP contribution in [0.2, 0.25) is 0 Å². The number of nitrogens with zero attached hydrogens (tertiary/aromatic N) is 3. The first-order chi connectivity index (χ1) is 10.5. The third-order valence-corrected chi connectivity index (χ3v) is 4.15. The molecular formula is C16H20N4OS. The molecular weight excluding hydrogens is 296 g/mol. The van der Waals surface area contributed by atoms with Crippen molar-refractivity contribution in [2.45, 2.75) is 26.7 Å². The number of amides is 1. The molecule has 5 nitrogen and oxygen atoms in total. The van der Waals surface area contributed by atoms with Gasteiger partial charge in [0.1, 0.15) is 0 Å². The van der Waals surface area contributed by atoms with Gasteiger partial charge in [-0.05, 0) is 36.2 Å². The quantitative estimate of drug-likeness (QED) is 0.685. The summed E-state index contributed by atoms with van der Waals surface area (Å²) in [6.07, 6.45) is 3.03. The van der Waals surface area contributed by atoms with E-state index < -0.39 is 0 Å². The van der Waals surface area contributed by atoms with Gasteiger partial charge in [0.2, 0.25) is 5.91 Å². The van der Waals surface area contributed by atoms with E-state index in [1.54, 1.807) is 11.1 Å². The van der Waals surface area contributed by atoms with Crippen molar-refractivity contribution < 1.29 is 4.79 Å². The Kier molecular flexibility index (Phi) is 5.38. The lowest BCUT2D eigenvalue weighted by atomic mass is 10.0. The second-order valence-electron chi connectivity index (χ2n) is 5.27. The number of amidine groups is 1. The standard InChI is InChI=1S/C16H20N4OS/c1-11(2)13-6-4-5-7-14(13)20-15(21)10-22-16(20)19-18-9-12(3)8-17/h4-9,11H,10,17H2,1-3H3/b12-8-,18-9+,19-16-. The minimum absolute atomic E-state index is 0.0261. The Labute approximate surface area is 135 Å². The van der Waals surface area contributed by atoms with E-state index in [1.807, 2.05) is 31.2 Å². The third-order valence-electron chi connectivity index (χ3n) is 3.23. The van der Waals surface area contributed by atoms with E-state index in [0.717, 1.165) is 16.8 Å². The van der Waals surface area contributed by atoms with E-state index >= 15 is 0 Å². The van der Waals surface area contributed by atoms with Crippen molar-refractivity contribution in [2.75, 3.05) is 10.7 Å². The molecule has 2 N–H and O–H groups in total.